The highest BCUT2D eigenvalue weighted by Crippen LogP contribution is 2.45. The molecule has 174 valence electrons. The quantitative estimate of drug-likeness (QED) is 0.293. The van der Waals surface area contributed by atoms with Crippen molar-refractivity contribution in [1.82, 2.24) is 0 Å². The van der Waals surface area contributed by atoms with Crippen molar-refractivity contribution in [2.24, 2.45) is 0 Å². The fraction of sp³-hybridized carbons (Fsp3) is 0.0769. The molecule has 0 spiro atoms. The van der Waals surface area contributed by atoms with Crippen molar-refractivity contribution in [3.05, 3.63) is 121 Å². The number of hydrogen-bond acceptors (Lipinski definition) is 5. The maximum atomic E-state index is 14.0. The molecule has 4 rings (SSSR count). The van der Waals surface area contributed by atoms with Crippen LogP contribution >= 0.6 is 14.3 Å². The molecule has 8 heteroatoms. The van der Waals surface area contributed by atoms with Crippen LogP contribution in [0.4, 0.5) is 0 Å². The summed E-state index contributed by atoms with van der Waals surface area (Å²) < 4.78 is 51.6. The lowest BCUT2D eigenvalue weighted by Crippen LogP contribution is -2.22. The van der Waals surface area contributed by atoms with Crippen LogP contribution in [-0.2, 0) is 28.9 Å². The molecular weight excluding hydrogens is 486 g/mol. The summed E-state index contributed by atoms with van der Waals surface area (Å²) in [5.41, 5.74) is 0. The molecule has 5 nitrogen and oxygen atoms in total. The van der Waals surface area contributed by atoms with Gasteiger partial charge in [-0.05, 0) is 0 Å². The Hall–Kier alpha value is -2.59. The summed E-state index contributed by atoms with van der Waals surface area (Å²) in [7, 11) is -6.45. The number of rotatable bonds is 10. The van der Waals surface area contributed by atoms with Crippen molar-refractivity contribution in [2.45, 2.75) is 0 Å². The van der Waals surface area contributed by atoms with Gasteiger partial charge in [0.25, 0.3) is 0 Å². The second kappa shape index (κ2) is 11.2. The monoisotopic (exact) mass is 510 g/mol. The second-order valence-corrected chi connectivity index (χ2v) is 13.9. The zero-order chi connectivity index (χ0) is 23.9. The molecule has 0 aliphatic rings. The van der Waals surface area contributed by atoms with Gasteiger partial charge in [0.1, 0.15) is 12.7 Å². The average molecular weight is 510 g/mol. The van der Waals surface area contributed by atoms with E-state index in [9.17, 15) is 13.3 Å². The van der Waals surface area contributed by atoms with E-state index in [1.165, 1.54) is 0 Å². The van der Waals surface area contributed by atoms with Crippen LogP contribution in [0.3, 0.4) is 0 Å². The lowest BCUT2D eigenvalue weighted by molar-refractivity contribution is 0.305. The van der Waals surface area contributed by atoms with E-state index in [-0.39, 0.29) is 12.7 Å². The molecule has 0 saturated heterocycles. The highest BCUT2D eigenvalue weighted by Gasteiger charge is 2.31. The van der Waals surface area contributed by atoms with E-state index in [1.807, 2.05) is 24.3 Å². The highest BCUT2D eigenvalue weighted by atomic mass is 32.2. The Kier molecular flexibility index (Phi) is 8.10. The van der Waals surface area contributed by atoms with Crippen LogP contribution in [0.5, 0.6) is 0 Å². The fourth-order valence-corrected chi connectivity index (χ4v) is 9.29. The smallest absolute Gasteiger partial charge is 0.305 e. The molecular formula is C26H24O5P2S. The van der Waals surface area contributed by atoms with Crippen molar-refractivity contribution < 1.29 is 21.7 Å². The van der Waals surface area contributed by atoms with E-state index in [1.54, 1.807) is 97.1 Å². The first-order valence-corrected chi connectivity index (χ1v) is 15.4. The summed E-state index contributed by atoms with van der Waals surface area (Å²) in [6.07, 6.45) is -0.622. The minimum Gasteiger partial charge on any atom is -0.311 e. The minimum atomic E-state index is -3.22. The fourth-order valence-electron chi connectivity index (χ4n) is 3.54. The summed E-state index contributed by atoms with van der Waals surface area (Å²) >= 11 is -2.25. The van der Waals surface area contributed by atoms with Crippen molar-refractivity contribution in [1.29, 1.82) is 0 Å². The molecule has 0 saturated carbocycles. The maximum absolute atomic E-state index is 14.0. The zero-order valence-electron chi connectivity index (χ0n) is 18.3. The van der Waals surface area contributed by atoms with Gasteiger partial charge < -0.3 is 9.13 Å². The molecule has 4 aromatic rings. The SMILES string of the molecule is O=S(OCP(=O)(c1ccccc1)c1ccccc1)OCP(=O)(c1ccccc1)c1ccccc1. The van der Waals surface area contributed by atoms with Crippen molar-refractivity contribution >= 4 is 46.9 Å². The largest absolute Gasteiger partial charge is 0.311 e. The Bertz CT molecular complexity index is 1130. The predicted octanol–water partition coefficient (Wildman–Crippen LogP) is 4.54. The Morgan fingerprint density at radius 3 is 0.941 bits per heavy atom. The molecule has 0 aliphatic heterocycles. The third-order valence-electron chi connectivity index (χ3n) is 5.35. The summed E-state index contributed by atoms with van der Waals surface area (Å²) in [6.45, 7) is 0. The molecule has 0 bridgehead atoms. The molecule has 0 radical (unpaired) electrons. The molecule has 34 heavy (non-hydrogen) atoms. The van der Waals surface area contributed by atoms with E-state index in [0.717, 1.165) is 0 Å². The lowest BCUT2D eigenvalue weighted by Gasteiger charge is -2.20. The molecule has 0 amide bonds. The van der Waals surface area contributed by atoms with E-state index in [0.29, 0.717) is 21.2 Å². The maximum Gasteiger partial charge on any atom is 0.305 e. The normalized spacial score (nSPS) is 12.0. The van der Waals surface area contributed by atoms with Crippen LogP contribution in [0.1, 0.15) is 0 Å². The van der Waals surface area contributed by atoms with Crippen LogP contribution in [0.15, 0.2) is 121 Å². The Balaban J connectivity index is 1.52. The molecule has 0 unspecified atom stereocenters. The van der Waals surface area contributed by atoms with E-state index in [2.05, 4.69) is 0 Å². The van der Waals surface area contributed by atoms with Gasteiger partial charge >= 0.3 is 11.4 Å². The Morgan fingerprint density at radius 2 is 0.706 bits per heavy atom. The highest BCUT2D eigenvalue weighted by molar-refractivity contribution is 7.81. The molecule has 0 N–H and O–H groups in total. The van der Waals surface area contributed by atoms with Gasteiger partial charge in [0.05, 0.1) is 0 Å². The molecule has 0 aliphatic carbocycles. The molecule has 0 fully saturated rings. The average Bonchev–Trinajstić information content (AvgIpc) is 2.92. The summed E-state index contributed by atoms with van der Waals surface area (Å²) in [4.78, 5) is 0. The van der Waals surface area contributed by atoms with Gasteiger partial charge in [0.15, 0.2) is 14.3 Å². The standard InChI is InChI=1S/C26H24O5P2S/c27-32(23-13-5-1-6-14-23,24-15-7-2-8-16-24)21-30-34(29)31-22-33(28,25-17-9-3-10-18-25)26-19-11-4-12-20-26/h1-20H,21-22H2. The van der Waals surface area contributed by atoms with E-state index >= 15 is 0 Å². The van der Waals surface area contributed by atoms with Crippen LogP contribution in [0.2, 0.25) is 0 Å². The van der Waals surface area contributed by atoms with Crippen LogP contribution < -0.4 is 21.2 Å². The van der Waals surface area contributed by atoms with Gasteiger partial charge in [-0.25, -0.2) is 0 Å². The number of benzene rings is 4. The van der Waals surface area contributed by atoms with Crippen molar-refractivity contribution in [2.75, 3.05) is 12.7 Å². The summed E-state index contributed by atoms with van der Waals surface area (Å²) in [5, 5.41) is 2.38. The minimum absolute atomic E-state index is 0.311. The summed E-state index contributed by atoms with van der Waals surface area (Å²) in [5.74, 6) is 0. The van der Waals surface area contributed by atoms with Gasteiger partial charge in [0, 0.05) is 21.2 Å². The van der Waals surface area contributed by atoms with E-state index < -0.39 is 25.6 Å². The third kappa shape index (κ3) is 5.55. The Labute approximate surface area is 202 Å². The van der Waals surface area contributed by atoms with E-state index in [4.69, 9.17) is 8.37 Å². The van der Waals surface area contributed by atoms with Crippen molar-refractivity contribution in [3.63, 3.8) is 0 Å². The van der Waals surface area contributed by atoms with Gasteiger partial charge in [0.2, 0.25) is 0 Å². The lowest BCUT2D eigenvalue weighted by atomic mass is 10.4. The van der Waals surface area contributed by atoms with Gasteiger partial charge in [-0.1, -0.05) is 121 Å². The predicted molar refractivity (Wildman–Crippen MR) is 140 cm³/mol. The topological polar surface area (TPSA) is 69.7 Å². The third-order valence-corrected chi connectivity index (χ3v) is 11.8. The second-order valence-electron chi connectivity index (χ2n) is 7.52. The first-order chi connectivity index (χ1) is 16.5. The molecule has 0 atom stereocenters. The number of hydrogen-bond donors (Lipinski definition) is 0. The van der Waals surface area contributed by atoms with Crippen LogP contribution in [0.25, 0.3) is 0 Å². The van der Waals surface area contributed by atoms with Crippen molar-refractivity contribution in [3.8, 4) is 0 Å². The zero-order valence-corrected chi connectivity index (χ0v) is 20.9. The first kappa shape index (κ1) is 24.5. The van der Waals surface area contributed by atoms with Gasteiger partial charge in [-0.2, -0.15) is 4.21 Å². The Morgan fingerprint density at radius 1 is 0.471 bits per heavy atom. The van der Waals surface area contributed by atoms with Crippen LogP contribution in [0, 0.1) is 0 Å². The summed E-state index contributed by atoms with van der Waals surface area (Å²) in [6, 6.07) is 35.9. The van der Waals surface area contributed by atoms with Crippen LogP contribution in [-0.4, -0.2) is 16.9 Å². The molecule has 4 aromatic carbocycles. The molecule has 0 aromatic heterocycles. The first-order valence-electron chi connectivity index (χ1n) is 10.6. The van der Waals surface area contributed by atoms with Gasteiger partial charge in [-0.15, -0.1) is 0 Å². The van der Waals surface area contributed by atoms with Gasteiger partial charge in [-0.3, -0.25) is 8.37 Å². The molecule has 0 heterocycles.